The zero-order chi connectivity index (χ0) is 14.3. The molecule has 0 radical (unpaired) electrons. The fraction of sp³-hybridized carbons (Fsp3) is 0.0769. The maximum absolute atomic E-state index is 12.1. The van der Waals surface area contributed by atoms with E-state index in [-0.39, 0.29) is 5.91 Å². The number of hydrogen-bond acceptors (Lipinski definition) is 4. The summed E-state index contributed by atoms with van der Waals surface area (Å²) in [4.78, 5) is 17.2. The number of rotatable bonds is 2. The van der Waals surface area contributed by atoms with Crippen LogP contribution in [-0.2, 0) is 0 Å². The van der Waals surface area contributed by atoms with Crippen LogP contribution in [0.1, 0.15) is 15.2 Å². The number of thiazole rings is 1. The third-order valence-corrected chi connectivity index (χ3v) is 5.96. The Morgan fingerprint density at radius 1 is 1.35 bits per heavy atom. The van der Waals surface area contributed by atoms with Gasteiger partial charge < -0.3 is 0 Å². The van der Waals surface area contributed by atoms with Crippen LogP contribution in [0.3, 0.4) is 0 Å². The minimum atomic E-state index is -0.144. The summed E-state index contributed by atoms with van der Waals surface area (Å²) in [7, 11) is 0. The van der Waals surface area contributed by atoms with Crippen LogP contribution in [-0.4, -0.2) is 10.9 Å². The number of anilines is 1. The fourth-order valence-electron chi connectivity index (χ4n) is 1.68. The first kappa shape index (κ1) is 14.0. The van der Waals surface area contributed by atoms with Gasteiger partial charge in [0.2, 0.25) is 0 Å². The van der Waals surface area contributed by atoms with Gasteiger partial charge in [-0.25, -0.2) is 4.98 Å². The highest BCUT2D eigenvalue weighted by molar-refractivity contribution is 9.11. The summed E-state index contributed by atoms with van der Waals surface area (Å²) in [6.07, 6.45) is 0. The molecule has 1 N–H and O–H groups in total. The Labute approximate surface area is 136 Å². The number of hydrogen-bond donors (Lipinski definition) is 1. The molecule has 0 aliphatic rings. The Bertz CT molecular complexity index is 792. The zero-order valence-electron chi connectivity index (χ0n) is 10.2. The van der Waals surface area contributed by atoms with Crippen molar-refractivity contribution >= 4 is 71.5 Å². The Hall–Kier alpha value is -0.950. The van der Waals surface area contributed by atoms with Crippen molar-refractivity contribution in [2.75, 3.05) is 5.32 Å². The topological polar surface area (TPSA) is 42.0 Å². The number of aromatic nitrogens is 1. The van der Waals surface area contributed by atoms with Crippen LogP contribution in [0.15, 0.2) is 28.1 Å². The number of aryl methyl sites for hydroxylation is 1. The second-order valence-corrected chi connectivity index (χ2v) is 7.99. The summed E-state index contributed by atoms with van der Waals surface area (Å²) in [6, 6.07) is 7.33. The van der Waals surface area contributed by atoms with Crippen molar-refractivity contribution in [3.8, 4) is 0 Å². The highest BCUT2D eigenvalue weighted by Gasteiger charge is 2.13. The van der Waals surface area contributed by atoms with Crippen LogP contribution in [0.5, 0.6) is 0 Å². The summed E-state index contributed by atoms with van der Waals surface area (Å²) in [5.41, 5.74) is 1.88. The molecule has 0 fully saturated rings. The molecule has 0 spiro atoms. The maximum Gasteiger partial charge on any atom is 0.267 e. The highest BCUT2D eigenvalue weighted by Crippen LogP contribution is 2.30. The monoisotopic (exact) mass is 386 g/mol. The number of carbonyl (C=O) groups excluding carboxylic acids is 1. The zero-order valence-corrected chi connectivity index (χ0v) is 14.2. The SMILES string of the molecule is Cc1cc(C(=O)Nc2nc3ccc(Cl)cc3s2)sc1Br. The van der Waals surface area contributed by atoms with Crippen LogP contribution < -0.4 is 5.32 Å². The fourth-order valence-corrected chi connectivity index (χ4v) is 4.25. The van der Waals surface area contributed by atoms with Crippen molar-refractivity contribution in [1.29, 1.82) is 0 Å². The Kier molecular flexibility index (Phi) is 3.81. The molecule has 3 rings (SSSR count). The van der Waals surface area contributed by atoms with Gasteiger partial charge in [0, 0.05) is 5.02 Å². The van der Waals surface area contributed by atoms with Gasteiger partial charge in [-0.2, -0.15) is 0 Å². The Morgan fingerprint density at radius 2 is 2.15 bits per heavy atom. The van der Waals surface area contributed by atoms with E-state index in [4.69, 9.17) is 11.6 Å². The molecule has 3 nitrogen and oxygen atoms in total. The van der Waals surface area contributed by atoms with Crippen LogP contribution in [0.4, 0.5) is 5.13 Å². The third kappa shape index (κ3) is 2.74. The van der Waals surface area contributed by atoms with E-state index in [2.05, 4.69) is 26.2 Å². The quantitative estimate of drug-likeness (QED) is 0.645. The van der Waals surface area contributed by atoms with E-state index in [1.807, 2.05) is 25.1 Å². The van der Waals surface area contributed by atoms with E-state index in [1.54, 1.807) is 6.07 Å². The summed E-state index contributed by atoms with van der Waals surface area (Å²) in [5.74, 6) is -0.144. The molecule has 1 aromatic carbocycles. The summed E-state index contributed by atoms with van der Waals surface area (Å²) < 4.78 is 1.93. The number of nitrogens with one attached hydrogen (secondary N) is 1. The number of benzene rings is 1. The van der Waals surface area contributed by atoms with E-state index in [1.165, 1.54) is 22.7 Å². The van der Waals surface area contributed by atoms with E-state index >= 15 is 0 Å². The van der Waals surface area contributed by atoms with Gasteiger partial charge in [0.15, 0.2) is 5.13 Å². The van der Waals surface area contributed by atoms with Gasteiger partial charge in [0.05, 0.1) is 18.9 Å². The number of carbonyl (C=O) groups is 1. The molecule has 0 saturated heterocycles. The molecule has 0 saturated carbocycles. The summed E-state index contributed by atoms with van der Waals surface area (Å²) in [6.45, 7) is 1.96. The van der Waals surface area contributed by atoms with Crippen molar-refractivity contribution < 1.29 is 4.79 Å². The molecule has 0 unspecified atom stereocenters. The predicted octanol–water partition coefficient (Wildman–Crippen LogP) is 5.33. The highest BCUT2D eigenvalue weighted by atomic mass is 79.9. The molecule has 0 aliphatic heterocycles. The van der Waals surface area contributed by atoms with Crippen molar-refractivity contribution in [1.82, 2.24) is 4.98 Å². The molecule has 2 heterocycles. The average Bonchev–Trinajstić information content (AvgIpc) is 2.93. The van der Waals surface area contributed by atoms with Crippen LogP contribution in [0.25, 0.3) is 10.2 Å². The van der Waals surface area contributed by atoms with Gasteiger partial charge in [0.25, 0.3) is 5.91 Å². The average molecular weight is 388 g/mol. The maximum atomic E-state index is 12.1. The van der Waals surface area contributed by atoms with Crippen LogP contribution in [0.2, 0.25) is 5.02 Å². The van der Waals surface area contributed by atoms with Gasteiger partial charge in [0.1, 0.15) is 0 Å². The summed E-state index contributed by atoms with van der Waals surface area (Å²) >= 11 is 12.2. The lowest BCUT2D eigenvalue weighted by Crippen LogP contribution is -2.09. The van der Waals surface area contributed by atoms with Gasteiger partial charge in [-0.15, -0.1) is 11.3 Å². The first-order chi connectivity index (χ1) is 9.52. The molecule has 102 valence electrons. The number of amides is 1. The number of halogens is 2. The number of nitrogens with zero attached hydrogens (tertiary/aromatic N) is 1. The Morgan fingerprint density at radius 3 is 2.85 bits per heavy atom. The molecular formula is C13H8BrClN2OS2. The third-order valence-electron chi connectivity index (χ3n) is 2.65. The minimum absolute atomic E-state index is 0.144. The molecular weight excluding hydrogens is 380 g/mol. The van der Waals surface area contributed by atoms with Gasteiger partial charge in [-0.05, 0) is 52.7 Å². The molecule has 3 aromatic rings. The number of fused-ring (bicyclic) bond motifs is 1. The van der Waals surface area contributed by atoms with Gasteiger partial charge in [-0.3, -0.25) is 10.1 Å². The van der Waals surface area contributed by atoms with E-state index in [0.717, 1.165) is 19.6 Å². The molecule has 7 heteroatoms. The molecule has 20 heavy (non-hydrogen) atoms. The predicted molar refractivity (Wildman–Crippen MR) is 89.3 cm³/mol. The van der Waals surface area contributed by atoms with Crippen LogP contribution in [0, 0.1) is 6.92 Å². The summed E-state index contributed by atoms with van der Waals surface area (Å²) in [5, 5.41) is 4.06. The largest absolute Gasteiger partial charge is 0.297 e. The van der Waals surface area contributed by atoms with E-state index in [0.29, 0.717) is 15.0 Å². The van der Waals surface area contributed by atoms with Gasteiger partial charge >= 0.3 is 0 Å². The Balaban J connectivity index is 1.87. The lowest BCUT2D eigenvalue weighted by Gasteiger charge is -1.96. The lowest BCUT2D eigenvalue weighted by atomic mass is 10.3. The first-order valence-corrected chi connectivity index (χ1v) is 8.47. The van der Waals surface area contributed by atoms with Crippen molar-refractivity contribution in [2.45, 2.75) is 6.92 Å². The minimum Gasteiger partial charge on any atom is -0.297 e. The molecule has 2 aromatic heterocycles. The molecule has 1 amide bonds. The molecule has 0 bridgehead atoms. The van der Waals surface area contributed by atoms with Crippen LogP contribution >= 0.6 is 50.2 Å². The lowest BCUT2D eigenvalue weighted by molar-refractivity contribution is 0.103. The first-order valence-electron chi connectivity index (χ1n) is 5.66. The second-order valence-electron chi connectivity index (χ2n) is 4.15. The molecule has 0 atom stereocenters. The smallest absolute Gasteiger partial charge is 0.267 e. The van der Waals surface area contributed by atoms with E-state index in [9.17, 15) is 4.79 Å². The van der Waals surface area contributed by atoms with Crippen molar-refractivity contribution in [3.05, 3.63) is 43.5 Å². The number of thiophene rings is 1. The van der Waals surface area contributed by atoms with Gasteiger partial charge in [-0.1, -0.05) is 22.9 Å². The molecule has 0 aliphatic carbocycles. The van der Waals surface area contributed by atoms with Crippen molar-refractivity contribution in [2.24, 2.45) is 0 Å². The normalized spacial score (nSPS) is 10.9. The standard InChI is InChI=1S/C13H8BrClN2OS2/c1-6-4-10(19-11(6)14)12(18)17-13-16-8-3-2-7(15)5-9(8)20-13/h2-5H,1H3,(H,16,17,18). The van der Waals surface area contributed by atoms with E-state index < -0.39 is 0 Å². The second kappa shape index (κ2) is 5.44. The van der Waals surface area contributed by atoms with Crippen molar-refractivity contribution in [3.63, 3.8) is 0 Å².